The smallest absolute Gasteiger partial charge is 0.249 e. The van der Waals surface area contributed by atoms with Crippen LogP contribution in [0.15, 0.2) is 45.5 Å². The predicted molar refractivity (Wildman–Crippen MR) is 96.3 cm³/mol. The minimum Gasteiger partial charge on any atom is -0.419 e. The molecule has 0 saturated heterocycles. The molecule has 3 aromatic rings. The van der Waals surface area contributed by atoms with E-state index < -0.39 is 0 Å². The Morgan fingerprint density at radius 1 is 1.28 bits per heavy atom. The van der Waals surface area contributed by atoms with Crippen LogP contribution in [0.25, 0.3) is 11.5 Å². The molecule has 1 amide bonds. The van der Waals surface area contributed by atoms with Gasteiger partial charge in [-0.05, 0) is 47.4 Å². The lowest BCUT2D eigenvalue weighted by molar-refractivity contribution is -0.132. The van der Waals surface area contributed by atoms with E-state index in [2.05, 4.69) is 10.2 Å². The van der Waals surface area contributed by atoms with Crippen LogP contribution in [-0.4, -0.2) is 27.0 Å². The van der Waals surface area contributed by atoms with Crippen molar-refractivity contribution in [3.8, 4) is 11.5 Å². The van der Waals surface area contributed by atoms with Crippen molar-refractivity contribution in [2.24, 2.45) is 0 Å². The van der Waals surface area contributed by atoms with Crippen LogP contribution in [0.2, 0.25) is 5.02 Å². The van der Waals surface area contributed by atoms with Crippen molar-refractivity contribution in [1.82, 2.24) is 15.1 Å². The van der Waals surface area contributed by atoms with Gasteiger partial charge < -0.3 is 9.32 Å². The van der Waals surface area contributed by atoms with Crippen LogP contribution in [-0.2, 0) is 17.8 Å². The van der Waals surface area contributed by atoms with E-state index in [1.54, 1.807) is 17.4 Å². The lowest BCUT2D eigenvalue weighted by Crippen LogP contribution is -2.33. The van der Waals surface area contributed by atoms with Gasteiger partial charge in [-0.3, -0.25) is 4.79 Å². The van der Waals surface area contributed by atoms with Crippen molar-refractivity contribution < 1.29 is 9.21 Å². The van der Waals surface area contributed by atoms with Gasteiger partial charge in [0.1, 0.15) is 0 Å². The first kappa shape index (κ1) is 16.3. The van der Waals surface area contributed by atoms with Gasteiger partial charge in [0, 0.05) is 6.04 Å². The lowest BCUT2D eigenvalue weighted by atomic mass is 10.2. The third kappa shape index (κ3) is 3.75. The van der Waals surface area contributed by atoms with E-state index in [1.165, 1.54) is 0 Å². The van der Waals surface area contributed by atoms with Crippen LogP contribution in [0.5, 0.6) is 0 Å². The molecule has 1 aliphatic carbocycles. The topological polar surface area (TPSA) is 59.2 Å². The van der Waals surface area contributed by atoms with Gasteiger partial charge in [0.2, 0.25) is 17.7 Å². The lowest BCUT2D eigenvalue weighted by Gasteiger charge is -2.20. The second-order valence-electron chi connectivity index (χ2n) is 6.04. The van der Waals surface area contributed by atoms with E-state index in [1.807, 2.05) is 39.9 Å². The Kier molecular flexibility index (Phi) is 4.55. The molecule has 1 aliphatic rings. The molecule has 0 spiro atoms. The van der Waals surface area contributed by atoms with Crippen molar-refractivity contribution in [2.75, 3.05) is 0 Å². The quantitative estimate of drug-likeness (QED) is 0.650. The van der Waals surface area contributed by atoms with Crippen molar-refractivity contribution in [3.05, 3.63) is 57.6 Å². The Hall–Kier alpha value is -2.18. The van der Waals surface area contributed by atoms with Gasteiger partial charge in [-0.1, -0.05) is 23.7 Å². The molecule has 7 heteroatoms. The number of aromatic nitrogens is 2. The van der Waals surface area contributed by atoms with E-state index in [0.29, 0.717) is 35.3 Å². The molecule has 1 fully saturated rings. The molecule has 0 bridgehead atoms. The fraction of sp³-hybridized carbons (Fsp3) is 0.278. The van der Waals surface area contributed by atoms with Gasteiger partial charge >= 0.3 is 0 Å². The summed E-state index contributed by atoms with van der Waals surface area (Å²) in [4.78, 5) is 14.5. The number of thiophene rings is 1. The summed E-state index contributed by atoms with van der Waals surface area (Å²) in [7, 11) is 0. The van der Waals surface area contributed by atoms with Gasteiger partial charge in [-0.25, -0.2) is 0 Å². The molecule has 2 aromatic heterocycles. The first-order valence-corrected chi connectivity index (χ1v) is 9.40. The van der Waals surface area contributed by atoms with E-state index in [4.69, 9.17) is 16.0 Å². The highest BCUT2D eigenvalue weighted by Gasteiger charge is 2.33. The summed E-state index contributed by atoms with van der Waals surface area (Å²) in [6.45, 7) is 0.338. The molecule has 1 saturated carbocycles. The maximum atomic E-state index is 12.6. The molecule has 1 aromatic carbocycles. The summed E-state index contributed by atoms with van der Waals surface area (Å²) >= 11 is 7.77. The summed E-state index contributed by atoms with van der Waals surface area (Å²) in [6.07, 6.45) is 2.47. The van der Waals surface area contributed by atoms with Crippen LogP contribution < -0.4 is 0 Å². The molecule has 128 valence electrons. The number of benzene rings is 1. The number of nitrogens with zero attached hydrogens (tertiary/aromatic N) is 3. The van der Waals surface area contributed by atoms with E-state index in [0.717, 1.165) is 18.4 Å². The highest BCUT2D eigenvalue weighted by molar-refractivity contribution is 7.08. The molecule has 0 radical (unpaired) electrons. The molecular formula is C18H16ClN3O2S. The molecular weight excluding hydrogens is 358 g/mol. The van der Waals surface area contributed by atoms with Crippen molar-refractivity contribution in [1.29, 1.82) is 0 Å². The zero-order valence-corrected chi connectivity index (χ0v) is 15.0. The monoisotopic (exact) mass is 373 g/mol. The fourth-order valence-corrected chi connectivity index (χ4v) is 3.57. The van der Waals surface area contributed by atoms with E-state index in [9.17, 15) is 4.79 Å². The normalized spacial score (nSPS) is 13.8. The largest absolute Gasteiger partial charge is 0.419 e. The molecule has 0 N–H and O–H groups in total. The number of carbonyl (C=O) groups excluding carboxylic acids is 1. The number of amides is 1. The van der Waals surface area contributed by atoms with Crippen LogP contribution in [0.1, 0.15) is 24.3 Å². The SMILES string of the molecule is O=C(Cc1ccsc1)N(Cc1nnc(-c2ccccc2Cl)o1)C1CC1. The predicted octanol–water partition coefficient (Wildman–Crippen LogP) is 4.19. The Balaban J connectivity index is 1.50. The van der Waals surface area contributed by atoms with Gasteiger partial charge in [-0.15, -0.1) is 10.2 Å². The average molecular weight is 374 g/mol. The van der Waals surface area contributed by atoms with Crippen LogP contribution in [0.3, 0.4) is 0 Å². The first-order chi connectivity index (χ1) is 12.2. The minimum absolute atomic E-state index is 0.0957. The van der Waals surface area contributed by atoms with Crippen LogP contribution in [0.4, 0.5) is 0 Å². The fourth-order valence-electron chi connectivity index (χ4n) is 2.68. The molecule has 25 heavy (non-hydrogen) atoms. The first-order valence-electron chi connectivity index (χ1n) is 8.08. The van der Waals surface area contributed by atoms with Gasteiger partial charge in [0.05, 0.1) is 23.6 Å². The van der Waals surface area contributed by atoms with Crippen LogP contribution >= 0.6 is 22.9 Å². The maximum absolute atomic E-state index is 12.6. The average Bonchev–Trinajstić information content (AvgIpc) is 3.12. The summed E-state index contributed by atoms with van der Waals surface area (Å²) in [5, 5.41) is 12.7. The third-order valence-corrected chi connectivity index (χ3v) is 5.18. The zero-order valence-electron chi connectivity index (χ0n) is 13.4. The number of hydrogen-bond donors (Lipinski definition) is 0. The summed E-state index contributed by atoms with van der Waals surface area (Å²) < 4.78 is 5.75. The van der Waals surface area contributed by atoms with Crippen molar-refractivity contribution >= 4 is 28.8 Å². The Labute approximate surface area is 154 Å². The van der Waals surface area contributed by atoms with Gasteiger partial charge in [-0.2, -0.15) is 11.3 Å². The molecule has 0 aliphatic heterocycles. The third-order valence-electron chi connectivity index (χ3n) is 4.12. The van der Waals surface area contributed by atoms with Crippen LogP contribution in [0, 0.1) is 0 Å². The standard InChI is InChI=1S/C18H16ClN3O2S/c19-15-4-2-1-3-14(15)18-21-20-16(24-18)10-22(13-5-6-13)17(23)9-12-7-8-25-11-12/h1-4,7-8,11,13H,5-6,9-10H2. The van der Waals surface area contributed by atoms with Crippen molar-refractivity contribution in [2.45, 2.75) is 31.8 Å². The highest BCUT2D eigenvalue weighted by atomic mass is 35.5. The van der Waals surface area contributed by atoms with Gasteiger partial charge in [0.25, 0.3) is 0 Å². The Morgan fingerprint density at radius 3 is 2.84 bits per heavy atom. The van der Waals surface area contributed by atoms with E-state index in [-0.39, 0.29) is 11.9 Å². The molecule has 5 nitrogen and oxygen atoms in total. The van der Waals surface area contributed by atoms with E-state index >= 15 is 0 Å². The van der Waals surface area contributed by atoms with Gasteiger partial charge in [0.15, 0.2) is 0 Å². The molecule has 2 heterocycles. The summed E-state index contributed by atoms with van der Waals surface area (Å²) in [5.74, 6) is 0.903. The number of halogens is 1. The Bertz CT molecular complexity index is 874. The molecule has 0 unspecified atom stereocenters. The molecule has 0 atom stereocenters. The maximum Gasteiger partial charge on any atom is 0.249 e. The number of hydrogen-bond acceptors (Lipinski definition) is 5. The second-order valence-corrected chi connectivity index (χ2v) is 7.23. The van der Waals surface area contributed by atoms with Crippen molar-refractivity contribution in [3.63, 3.8) is 0 Å². The summed E-state index contributed by atoms with van der Waals surface area (Å²) in [5.41, 5.74) is 1.74. The molecule has 4 rings (SSSR count). The zero-order chi connectivity index (χ0) is 17.2. The highest BCUT2D eigenvalue weighted by Crippen LogP contribution is 2.30. The Morgan fingerprint density at radius 2 is 2.12 bits per heavy atom. The summed E-state index contributed by atoms with van der Waals surface area (Å²) in [6, 6.07) is 9.59. The second kappa shape index (κ2) is 6.98. The minimum atomic E-state index is 0.0957. The number of rotatable bonds is 6. The number of carbonyl (C=O) groups is 1.